The molecule has 2 heterocycles. The molecule has 0 radical (unpaired) electrons. The number of aromatic nitrogens is 3. The zero-order chi connectivity index (χ0) is 18.5. The van der Waals surface area contributed by atoms with Crippen LogP contribution in [0.15, 0.2) is 53.1 Å². The quantitative estimate of drug-likeness (QED) is 0.404. The summed E-state index contributed by atoms with van der Waals surface area (Å²) >= 11 is 1.54. The molecule has 0 atom stereocenters. The Morgan fingerprint density at radius 3 is 2.48 bits per heavy atom. The first-order valence-electron chi connectivity index (χ1n) is 8.77. The predicted octanol–water partition coefficient (Wildman–Crippen LogP) is 1.33. The van der Waals surface area contributed by atoms with Crippen LogP contribution in [0.2, 0.25) is 0 Å². The Labute approximate surface area is 175 Å². The van der Waals surface area contributed by atoms with Gasteiger partial charge in [0.05, 0.1) is 19.3 Å². The lowest BCUT2D eigenvalue weighted by Gasteiger charge is -2.22. The van der Waals surface area contributed by atoms with E-state index < -0.39 is 0 Å². The van der Waals surface area contributed by atoms with Gasteiger partial charge in [0.15, 0.2) is 0 Å². The molecule has 144 valence electrons. The number of aryl methyl sites for hydroxylation is 2. The predicted molar refractivity (Wildman–Crippen MR) is 106 cm³/mol. The van der Waals surface area contributed by atoms with Crippen LogP contribution in [-0.2, 0) is 13.6 Å². The maximum absolute atomic E-state index is 4.27. The molecule has 2 aromatic heterocycles. The molecule has 0 amide bonds. The smallest absolute Gasteiger partial charge is 0.253 e. The maximum atomic E-state index is 4.27. The Hall–Kier alpha value is -2.06. The van der Waals surface area contributed by atoms with Crippen LogP contribution in [0.4, 0.5) is 16.5 Å². The van der Waals surface area contributed by atoms with Gasteiger partial charge in [-0.15, -0.1) is 10.2 Å². The van der Waals surface area contributed by atoms with E-state index in [0.29, 0.717) is 5.13 Å². The van der Waals surface area contributed by atoms with Gasteiger partial charge in [-0.2, -0.15) is 0 Å². The molecular weight excluding hydrogens is 424 g/mol. The van der Waals surface area contributed by atoms with Crippen molar-refractivity contribution in [3.63, 3.8) is 0 Å². The van der Waals surface area contributed by atoms with Crippen molar-refractivity contribution in [1.82, 2.24) is 9.55 Å². The summed E-state index contributed by atoms with van der Waals surface area (Å²) in [6, 6.07) is 8.21. The number of rotatable bonds is 7. The first kappa shape index (κ1) is 21.2. The van der Waals surface area contributed by atoms with Crippen molar-refractivity contribution in [3.05, 3.63) is 53.6 Å². The van der Waals surface area contributed by atoms with Gasteiger partial charge in [0.25, 0.3) is 5.82 Å². The highest BCUT2D eigenvalue weighted by Gasteiger charge is 2.11. The van der Waals surface area contributed by atoms with Crippen LogP contribution >= 0.6 is 11.3 Å². The molecule has 3 aromatic rings. The number of hydrogen-bond donors (Lipinski definition) is 0. The average Bonchev–Trinajstić information content (AvgIpc) is 3.21. The lowest BCUT2D eigenvalue weighted by molar-refractivity contribution is -0.677. The number of thiazole rings is 1. The monoisotopic (exact) mass is 448 g/mol. The number of hydrogen-bond acceptors (Lipinski definition) is 5. The zero-order valence-corrected chi connectivity index (χ0v) is 18.5. The summed E-state index contributed by atoms with van der Waals surface area (Å²) in [5, 5.41) is 9.16. The molecule has 0 aliphatic heterocycles. The molecule has 0 fully saturated rings. The SMILES string of the molecule is CCN(CCn1cc[n+](C)c1C)c1ccc(N=Nc2ncc(C)s2)cc1.[Br-]. The summed E-state index contributed by atoms with van der Waals surface area (Å²) in [7, 11) is 2.07. The Balaban J connectivity index is 0.00000261. The summed E-state index contributed by atoms with van der Waals surface area (Å²) in [6.45, 7) is 9.23. The molecule has 6 nitrogen and oxygen atoms in total. The van der Waals surface area contributed by atoms with Crippen LogP contribution in [0.1, 0.15) is 17.6 Å². The lowest BCUT2D eigenvalue weighted by atomic mass is 10.2. The maximum Gasteiger partial charge on any atom is 0.253 e. The summed E-state index contributed by atoms with van der Waals surface area (Å²) in [5.74, 6) is 1.26. The normalized spacial score (nSPS) is 11.0. The van der Waals surface area contributed by atoms with E-state index in [9.17, 15) is 0 Å². The van der Waals surface area contributed by atoms with Gasteiger partial charge < -0.3 is 21.9 Å². The molecule has 8 heteroatoms. The van der Waals surface area contributed by atoms with Gasteiger partial charge in [-0.05, 0) is 38.1 Å². The Bertz CT molecular complexity index is 884. The number of nitrogens with zero attached hydrogens (tertiary/aromatic N) is 6. The van der Waals surface area contributed by atoms with E-state index in [4.69, 9.17) is 0 Å². The van der Waals surface area contributed by atoms with Crippen LogP contribution < -0.4 is 26.4 Å². The number of likely N-dealkylation sites (N-methyl/N-ethyl adjacent to an activating group) is 1. The van der Waals surface area contributed by atoms with Crippen LogP contribution in [0.5, 0.6) is 0 Å². The molecular formula is C19H25BrN6S. The Morgan fingerprint density at radius 1 is 1.19 bits per heavy atom. The molecule has 27 heavy (non-hydrogen) atoms. The molecule has 3 rings (SSSR count). The van der Waals surface area contributed by atoms with Gasteiger partial charge in [-0.1, -0.05) is 11.3 Å². The largest absolute Gasteiger partial charge is 1.00 e. The molecule has 0 N–H and O–H groups in total. The highest BCUT2D eigenvalue weighted by atomic mass is 79.9. The van der Waals surface area contributed by atoms with Crippen LogP contribution in [-0.4, -0.2) is 22.6 Å². The van der Waals surface area contributed by atoms with Crippen LogP contribution in [0.3, 0.4) is 0 Å². The van der Waals surface area contributed by atoms with Crippen LogP contribution in [0, 0.1) is 13.8 Å². The second-order valence-corrected chi connectivity index (χ2v) is 7.41. The van der Waals surface area contributed by atoms with E-state index in [2.05, 4.69) is 74.7 Å². The standard InChI is InChI=1S/C19H25N6S.BrH/c1-5-24(12-13-25-11-10-23(4)16(25)3)18-8-6-17(7-9-18)21-22-19-20-14-15(2)26-19;/h6-11,14H,5,12-13H2,1-4H3;1H/q+1;/p-1. The topological polar surface area (TPSA) is 49.7 Å². The van der Waals surface area contributed by atoms with Gasteiger partial charge in [-0.25, -0.2) is 14.1 Å². The fourth-order valence-electron chi connectivity index (χ4n) is 2.75. The molecule has 0 saturated heterocycles. The molecule has 0 saturated carbocycles. The molecule has 0 aliphatic rings. The summed E-state index contributed by atoms with van der Waals surface area (Å²) in [6.07, 6.45) is 6.04. The minimum absolute atomic E-state index is 0. The number of benzene rings is 1. The highest BCUT2D eigenvalue weighted by molar-refractivity contribution is 7.15. The van der Waals surface area contributed by atoms with E-state index in [1.807, 2.05) is 25.3 Å². The molecule has 0 bridgehead atoms. The summed E-state index contributed by atoms with van der Waals surface area (Å²) in [4.78, 5) is 7.70. The lowest BCUT2D eigenvalue weighted by Crippen LogP contribution is -3.00. The second-order valence-electron chi connectivity index (χ2n) is 6.20. The van der Waals surface area contributed by atoms with Gasteiger partial charge in [0.1, 0.15) is 18.9 Å². The molecule has 0 aliphatic carbocycles. The van der Waals surface area contributed by atoms with Crippen molar-refractivity contribution in [2.75, 3.05) is 18.0 Å². The highest BCUT2D eigenvalue weighted by Crippen LogP contribution is 2.24. The Kier molecular flexibility index (Phi) is 7.67. The zero-order valence-electron chi connectivity index (χ0n) is 16.1. The van der Waals surface area contributed by atoms with E-state index >= 15 is 0 Å². The van der Waals surface area contributed by atoms with E-state index in [1.54, 1.807) is 11.3 Å². The Morgan fingerprint density at radius 2 is 1.93 bits per heavy atom. The van der Waals surface area contributed by atoms with Gasteiger partial charge in [-0.3, -0.25) is 0 Å². The van der Waals surface area contributed by atoms with Crippen molar-refractivity contribution in [3.8, 4) is 0 Å². The first-order chi connectivity index (χ1) is 12.6. The van der Waals surface area contributed by atoms with Crippen molar-refractivity contribution in [2.45, 2.75) is 27.3 Å². The summed E-state index contributed by atoms with van der Waals surface area (Å²) in [5.41, 5.74) is 2.04. The second kappa shape index (κ2) is 9.75. The number of anilines is 1. The van der Waals surface area contributed by atoms with Crippen molar-refractivity contribution >= 4 is 27.8 Å². The van der Waals surface area contributed by atoms with E-state index in [1.165, 1.54) is 11.5 Å². The van der Waals surface area contributed by atoms with Crippen molar-refractivity contribution < 1.29 is 21.5 Å². The fourth-order valence-corrected chi connectivity index (χ4v) is 3.33. The number of imidazole rings is 1. The fraction of sp³-hybridized carbons (Fsp3) is 0.368. The van der Waals surface area contributed by atoms with Crippen molar-refractivity contribution in [1.29, 1.82) is 0 Å². The average molecular weight is 449 g/mol. The van der Waals surface area contributed by atoms with Crippen LogP contribution in [0.25, 0.3) is 0 Å². The number of halogens is 1. The minimum atomic E-state index is 0. The van der Waals surface area contributed by atoms with Gasteiger partial charge in [0, 0.05) is 30.2 Å². The molecule has 1 aromatic carbocycles. The first-order valence-corrected chi connectivity index (χ1v) is 9.59. The van der Waals surface area contributed by atoms with E-state index in [-0.39, 0.29) is 17.0 Å². The third-order valence-corrected chi connectivity index (χ3v) is 5.26. The van der Waals surface area contributed by atoms with E-state index in [0.717, 1.165) is 30.2 Å². The van der Waals surface area contributed by atoms with Gasteiger partial charge in [0.2, 0.25) is 5.13 Å². The molecule has 0 unspecified atom stereocenters. The van der Waals surface area contributed by atoms with Crippen molar-refractivity contribution in [2.24, 2.45) is 17.3 Å². The third kappa shape index (κ3) is 5.46. The summed E-state index contributed by atoms with van der Waals surface area (Å²) < 4.78 is 4.42. The third-order valence-electron chi connectivity index (χ3n) is 4.46. The van der Waals surface area contributed by atoms with Gasteiger partial charge >= 0.3 is 0 Å². The number of azo groups is 1. The minimum Gasteiger partial charge on any atom is -1.00 e. The molecule has 0 spiro atoms.